The Morgan fingerprint density at radius 3 is 2.78 bits per heavy atom. The molecular weight excluding hydrogens is 316 g/mol. The zero-order chi connectivity index (χ0) is 16.6. The first-order valence-corrected chi connectivity index (χ1v) is 9.40. The molecule has 2 aromatic rings. The Morgan fingerprint density at radius 2 is 2.13 bits per heavy atom. The standard InChI is InChI=1S/C16H22N2O4S/c1-3-17-8-6-13-14(17)10-12(16(19)22-2)11-15(13)18-7-4-5-9-23(18,20)21/h6,8,10-11,20-21H,3-5,7,9H2,1-2H3. The number of nitrogens with zero attached hydrogens (tertiary/aromatic N) is 2. The fourth-order valence-electron chi connectivity index (χ4n) is 3.08. The summed E-state index contributed by atoms with van der Waals surface area (Å²) in [6.45, 7) is 3.36. The Morgan fingerprint density at radius 1 is 1.35 bits per heavy atom. The summed E-state index contributed by atoms with van der Waals surface area (Å²) in [7, 11) is -1.50. The van der Waals surface area contributed by atoms with Crippen LogP contribution >= 0.6 is 10.8 Å². The van der Waals surface area contributed by atoms with Gasteiger partial charge in [0.2, 0.25) is 0 Å². The van der Waals surface area contributed by atoms with Gasteiger partial charge in [0.1, 0.15) is 0 Å². The van der Waals surface area contributed by atoms with E-state index in [0.717, 1.165) is 30.3 Å². The average molecular weight is 338 g/mol. The number of aromatic nitrogens is 1. The van der Waals surface area contributed by atoms with Crippen LogP contribution in [0.4, 0.5) is 5.69 Å². The van der Waals surface area contributed by atoms with Crippen molar-refractivity contribution in [3.8, 4) is 0 Å². The molecule has 126 valence electrons. The van der Waals surface area contributed by atoms with Gasteiger partial charge in [-0.1, -0.05) is 0 Å². The van der Waals surface area contributed by atoms with E-state index in [9.17, 15) is 13.9 Å². The summed E-state index contributed by atoms with van der Waals surface area (Å²) in [5.41, 5.74) is 2.00. The van der Waals surface area contributed by atoms with Crippen LogP contribution in [0, 0.1) is 0 Å². The molecule has 2 heterocycles. The van der Waals surface area contributed by atoms with Crippen molar-refractivity contribution in [2.24, 2.45) is 0 Å². The van der Waals surface area contributed by atoms with Gasteiger partial charge < -0.3 is 9.30 Å². The second-order valence-corrected chi connectivity index (χ2v) is 7.78. The number of rotatable bonds is 3. The molecule has 7 heteroatoms. The molecule has 2 N–H and O–H groups in total. The Labute approximate surface area is 137 Å². The summed E-state index contributed by atoms with van der Waals surface area (Å²) < 4.78 is 29.4. The molecule has 0 spiro atoms. The molecule has 0 bridgehead atoms. The molecule has 0 aliphatic carbocycles. The van der Waals surface area contributed by atoms with E-state index in [1.54, 1.807) is 16.4 Å². The molecule has 23 heavy (non-hydrogen) atoms. The lowest BCUT2D eigenvalue weighted by molar-refractivity contribution is 0.0601. The molecule has 3 rings (SSSR count). The second kappa shape index (κ2) is 6.07. The lowest BCUT2D eigenvalue weighted by Gasteiger charge is -2.47. The van der Waals surface area contributed by atoms with Crippen LogP contribution in [0.5, 0.6) is 0 Å². The van der Waals surface area contributed by atoms with E-state index in [2.05, 4.69) is 0 Å². The minimum absolute atomic E-state index is 0.366. The van der Waals surface area contributed by atoms with Crippen LogP contribution in [0.3, 0.4) is 0 Å². The van der Waals surface area contributed by atoms with Crippen LogP contribution in [0.2, 0.25) is 0 Å². The third-order valence-electron chi connectivity index (χ3n) is 4.28. The average Bonchev–Trinajstić information content (AvgIpc) is 2.96. The van der Waals surface area contributed by atoms with Gasteiger partial charge in [0, 0.05) is 24.7 Å². The van der Waals surface area contributed by atoms with Gasteiger partial charge in [-0.2, -0.15) is 0 Å². The van der Waals surface area contributed by atoms with Gasteiger partial charge >= 0.3 is 5.97 Å². The van der Waals surface area contributed by atoms with E-state index in [1.165, 1.54) is 7.11 Å². The monoisotopic (exact) mass is 338 g/mol. The van der Waals surface area contributed by atoms with E-state index >= 15 is 0 Å². The topological polar surface area (TPSA) is 74.9 Å². The molecule has 0 radical (unpaired) electrons. The number of hydrogen-bond acceptors (Lipinski definition) is 5. The second-order valence-electron chi connectivity index (χ2n) is 5.67. The van der Waals surface area contributed by atoms with Crippen LogP contribution in [0.25, 0.3) is 10.9 Å². The van der Waals surface area contributed by atoms with Gasteiger partial charge in [-0.15, -0.1) is 10.8 Å². The zero-order valence-electron chi connectivity index (χ0n) is 13.4. The molecule has 1 aliphatic rings. The van der Waals surface area contributed by atoms with Crippen molar-refractivity contribution in [3.05, 3.63) is 30.0 Å². The summed E-state index contributed by atoms with van der Waals surface area (Å²) in [5, 5.41) is 0.918. The number of anilines is 1. The highest BCUT2D eigenvalue weighted by Crippen LogP contribution is 2.51. The van der Waals surface area contributed by atoms with Crippen LogP contribution in [0.1, 0.15) is 30.1 Å². The van der Waals surface area contributed by atoms with Crippen molar-refractivity contribution in [2.45, 2.75) is 26.3 Å². The largest absolute Gasteiger partial charge is 0.465 e. The predicted octanol–water partition coefficient (Wildman–Crippen LogP) is 3.71. The number of ether oxygens (including phenoxy) is 1. The van der Waals surface area contributed by atoms with Crippen molar-refractivity contribution in [3.63, 3.8) is 0 Å². The third kappa shape index (κ3) is 2.80. The summed E-state index contributed by atoms with van der Waals surface area (Å²) in [4.78, 5) is 12.0. The third-order valence-corrected chi connectivity index (χ3v) is 6.20. The zero-order valence-corrected chi connectivity index (χ0v) is 14.2. The number of fused-ring (bicyclic) bond motifs is 1. The SMILES string of the molecule is CCn1ccc2c(N3CCCCS3(O)O)cc(C(=O)OC)cc21. The molecule has 1 aromatic heterocycles. The highest BCUT2D eigenvalue weighted by molar-refractivity contribution is 8.25. The maximum absolute atomic E-state index is 12.0. The first kappa shape index (κ1) is 16.2. The van der Waals surface area contributed by atoms with Gasteiger partial charge in [0.15, 0.2) is 0 Å². The van der Waals surface area contributed by atoms with Gasteiger partial charge in [-0.3, -0.25) is 13.4 Å². The maximum Gasteiger partial charge on any atom is 0.338 e. The van der Waals surface area contributed by atoms with Gasteiger partial charge in [0.05, 0.1) is 29.6 Å². The van der Waals surface area contributed by atoms with Crippen LogP contribution in [-0.4, -0.2) is 39.0 Å². The van der Waals surface area contributed by atoms with Crippen molar-refractivity contribution in [1.29, 1.82) is 0 Å². The van der Waals surface area contributed by atoms with E-state index in [1.807, 2.05) is 23.8 Å². The summed E-state index contributed by atoms with van der Waals surface area (Å²) in [6.07, 6.45) is 3.65. The summed E-state index contributed by atoms with van der Waals surface area (Å²) in [6, 6.07) is 5.46. The normalized spacial score (nSPS) is 18.9. The van der Waals surface area contributed by atoms with E-state index in [4.69, 9.17) is 4.74 Å². The highest BCUT2D eigenvalue weighted by Gasteiger charge is 2.29. The van der Waals surface area contributed by atoms with Gasteiger partial charge in [0.25, 0.3) is 0 Å². The van der Waals surface area contributed by atoms with Crippen LogP contribution < -0.4 is 4.31 Å². The molecule has 6 nitrogen and oxygen atoms in total. The fraction of sp³-hybridized carbons (Fsp3) is 0.438. The molecule has 0 unspecified atom stereocenters. The maximum atomic E-state index is 12.0. The van der Waals surface area contributed by atoms with E-state index in [-0.39, 0.29) is 0 Å². The van der Waals surface area contributed by atoms with E-state index < -0.39 is 16.7 Å². The Kier molecular flexibility index (Phi) is 4.27. The molecule has 1 aromatic carbocycles. The van der Waals surface area contributed by atoms with E-state index in [0.29, 0.717) is 23.5 Å². The number of benzene rings is 1. The Hall–Kier alpha value is -1.70. The molecule has 1 saturated heterocycles. The minimum atomic E-state index is -2.84. The number of hydrogen-bond donors (Lipinski definition) is 2. The Balaban J connectivity index is 2.21. The molecule has 1 aliphatic heterocycles. The number of esters is 1. The number of carbonyl (C=O) groups excluding carboxylic acids is 1. The van der Waals surface area contributed by atoms with Gasteiger partial charge in [-0.25, -0.2) is 4.79 Å². The first-order chi connectivity index (χ1) is 11.0. The van der Waals surface area contributed by atoms with Crippen LogP contribution in [0.15, 0.2) is 24.4 Å². The summed E-state index contributed by atoms with van der Waals surface area (Å²) >= 11 is 0. The molecule has 0 atom stereocenters. The molecule has 0 saturated carbocycles. The predicted molar refractivity (Wildman–Crippen MR) is 93.2 cm³/mol. The quantitative estimate of drug-likeness (QED) is 0.835. The number of aryl methyl sites for hydroxylation is 1. The fourth-order valence-corrected chi connectivity index (χ4v) is 4.78. The van der Waals surface area contributed by atoms with Gasteiger partial charge in [-0.05, 0) is 38.0 Å². The molecular formula is C16H22N2O4S. The van der Waals surface area contributed by atoms with Crippen LogP contribution in [-0.2, 0) is 11.3 Å². The lowest BCUT2D eigenvalue weighted by atomic mass is 10.1. The highest BCUT2D eigenvalue weighted by atomic mass is 32.3. The lowest BCUT2D eigenvalue weighted by Crippen LogP contribution is -2.34. The van der Waals surface area contributed by atoms with Crippen molar-refractivity contribution in [2.75, 3.05) is 23.7 Å². The number of methoxy groups -OCH3 is 1. The van der Waals surface area contributed by atoms with Crippen molar-refractivity contribution in [1.82, 2.24) is 4.57 Å². The smallest absolute Gasteiger partial charge is 0.338 e. The minimum Gasteiger partial charge on any atom is -0.465 e. The number of carbonyl (C=O) groups is 1. The molecule has 0 amide bonds. The first-order valence-electron chi connectivity index (χ1n) is 7.72. The molecule has 1 fully saturated rings. The Bertz CT molecular complexity index is 741. The van der Waals surface area contributed by atoms with Crippen molar-refractivity contribution >= 4 is 33.3 Å². The summed E-state index contributed by atoms with van der Waals surface area (Å²) in [5.74, 6) is -0.0590. The van der Waals surface area contributed by atoms with Crippen molar-refractivity contribution < 1.29 is 18.6 Å².